The number of nitrogens with one attached hydrogen (secondary N) is 1. The van der Waals surface area contributed by atoms with Crippen LogP contribution >= 0.6 is 0 Å². The molecule has 7 heteroatoms. The minimum atomic E-state index is -0.143. The summed E-state index contributed by atoms with van der Waals surface area (Å²) in [5.74, 6) is 1.50. The van der Waals surface area contributed by atoms with E-state index in [1.54, 1.807) is 6.20 Å². The van der Waals surface area contributed by atoms with Crippen LogP contribution in [0.1, 0.15) is 61.3 Å². The van der Waals surface area contributed by atoms with Gasteiger partial charge in [-0.3, -0.25) is 4.79 Å². The molecule has 0 atom stereocenters. The molecule has 1 aromatic carbocycles. The fourth-order valence-electron chi connectivity index (χ4n) is 3.23. The van der Waals surface area contributed by atoms with Crippen molar-refractivity contribution in [3.05, 3.63) is 47.3 Å². The predicted octanol–water partition coefficient (Wildman–Crippen LogP) is 3.79. The maximum absolute atomic E-state index is 13.0. The molecule has 1 aliphatic heterocycles. The van der Waals surface area contributed by atoms with E-state index >= 15 is 0 Å². The molecule has 0 saturated heterocycles. The lowest BCUT2D eigenvalue weighted by molar-refractivity contribution is 0.0952. The molecule has 0 unspecified atom stereocenters. The third-order valence-corrected chi connectivity index (χ3v) is 4.80. The Bertz CT molecular complexity index is 1040. The standard InChI is InChI=1S/C21H24N4O3/c1-12(2)17-8-15(16-10-23-25(13(3)4)20(16)24-17)21(26)22-9-14-5-6-18-19(7-14)28-11-27-18/h5-8,10,12-13H,9,11H2,1-4H3,(H,22,26). The van der Waals surface area contributed by atoms with Crippen molar-refractivity contribution in [3.8, 4) is 11.5 Å². The second kappa shape index (κ2) is 7.14. The van der Waals surface area contributed by atoms with Gasteiger partial charge in [0.05, 0.1) is 17.1 Å². The first-order chi connectivity index (χ1) is 13.4. The highest BCUT2D eigenvalue weighted by Gasteiger charge is 2.19. The summed E-state index contributed by atoms with van der Waals surface area (Å²) in [5.41, 5.74) is 3.17. The van der Waals surface area contributed by atoms with Crippen LogP contribution in [-0.4, -0.2) is 27.5 Å². The van der Waals surface area contributed by atoms with E-state index in [4.69, 9.17) is 14.5 Å². The van der Waals surface area contributed by atoms with Crippen molar-refractivity contribution in [1.82, 2.24) is 20.1 Å². The molecule has 7 nitrogen and oxygen atoms in total. The van der Waals surface area contributed by atoms with Crippen molar-refractivity contribution < 1.29 is 14.3 Å². The van der Waals surface area contributed by atoms with E-state index in [1.807, 2.05) is 28.9 Å². The zero-order chi connectivity index (χ0) is 19.8. The van der Waals surface area contributed by atoms with Crippen LogP contribution in [0.25, 0.3) is 11.0 Å². The summed E-state index contributed by atoms with van der Waals surface area (Å²) in [7, 11) is 0. The first kappa shape index (κ1) is 18.3. The number of rotatable bonds is 5. The van der Waals surface area contributed by atoms with E-state index in [0.29, 0.717) is 17.9 Å². The Morgan fingerprint density at radius 3 is 2.71 bits per heavy atom. The molecule has 3 heterocycles. The van der Waals surface area contributed by atoms with Gasteiger partial charge in [0.25, 0.3) is 5.91 Å². The molecular weight excluding hydrogens is 356 g/mol. The van der Waals surface area contributed by atoms with Crippen LogP contribution in [0.5, 0.6) is 11.5 Å². The molecule has 0 bridgehead atoms. The fraction of sp³-hybridized carbons (Fsp3) is 0.381. The normalized spacial score (nSPS) is 12.9. The van der Waals surface area contributed by atoms with Gasteiger partial charge in [-0.05, 0) is 43.5 Å². The zero-order valence-corrected chi connectivity index (χ0v) is 16.5. The van der Waals surface area contributed by atoms with Gasteiger partial charge in [-0.1, -0.05) is 19.9 Å². The van der Waals surface area contributed by atoms with Gasteiger partial charge < -0.3 is 14.8 Å². The van der Waals surface area contributed by atoms with Crippen molar-refractivity contribution in [3.63, 3.8) is 0 Å². The van der Waals surface area contributed by atoms with Crippen LogP contribution < -0.4 is 14.8 Å². The van der Waals surface area contributed by atoms with Crippen LogP contribution in [0.15, 0.2) is 30.5 Å². The van der Waals surface area contributed by atoms with Crippen LogP contribution in [0, 0.1) is 0 Å². The number of carbonyl (C=O) groups is 1. The Kier molecular flexibility index (Phi) is 4.66. The summed E-state index contributed by atoms with van der Waals surface area (Å²) in [6.45, 7) is 8.87. The zero-order valence-electron chi connectivity index (χ0n) is 16.5. The van der Waals surface area contributed by atoms with Gasteiger partial charge in [0.1, 0.15) is 0 Å². The van der Waals surface area contributed by atoms with Gasteiger partial charge in [0.15, 0.2) is 17.1 Å². The highest BCUT2D eigenvalue weighted by molar-refractivity contribution is 6.05. The molecule has 0 spiro atoms. The molecule has 2 aromatic heterocycles. The van der Waals surface area contributed by atoms with E-state index in [1.165, 1.54) is 0 Å². The van der Waals surface area contributed by atoms with Gasteiger partial charge >= 0.3 is 0 Å². The summed E-state index contributed by atoms with van der Waals surface area (Å²) >= 11 is 0. The predicted molar refractivity (Wildman–Crippen MR) is 106 cm³/mol. The lowest BCUT2D eigenvalue weighted by Crippen LogP contribution is -2.23. The number of nitrogens with zero attached hydrogens (tertiary/aromatic N) is 3. The summed E-state index contributed by atoms with van der Waals surface area (Å²) in [6, 6.07) is 7.71. The van der Waals surface area contributed by atoms with Crippen molar-refractivity contribution in [2.45, 2.75) is 46.2 Å². The minimum Gasteiger partial charge on any atom is -0.454 e. The SMILES string of the molecule is CC(C)c1cc(C(=O)NCc2ccc3c(c2)OCO3)c2cnn(C(C)C)c2n1. The number of hydrogen-bond donors (Lipinski definition) is 1. The molecule has 0 saturated carbocycles. The second-order valence-corrected chi connectivity index (χ2v) is 7.54. The number of aromatic nitrogens is 3. The molecule has 0 fully saturated rings. The number of ether oxygens (including phenoxy) is 2. The van der Waals surface area contributed by atoms with Gasteiger partial charge in [-0.25, -0.2) is 9.67 Å². The van der Waals surface area contributed by atoms with Crippen molar-refractivity contribution in [1.29, 1.82) is 0 Å². The summed E-state index contributed by atoms with van der Waals surface area (Å²) in [5, 5.41) is 8.21. The number of benzene rings is 1. The number of carbonyl (C=O) groups excluding carboxylic acids is 1. The fourth-order valence-corrected chi connectivity index (χ4v) is 3.23. The Morgan fingerprint density at radius 1 is 1.18 bits per heavy atom. The first-order valence-corrected chi connectivity index (χ1v) is 9.49. The largest absolute Gasteiger partial charge is 0.454 e. The Hall–Kier alpha value is -3.09. The Morgan fingerprint density at radius 2 is 1.96 bits per heavy atom. The topological polar surface area (TPSA) is 78.3 Å². The maximum atomic E-state index is 13.0. The molecule has 1 aliphatic rings. The summed E-state index contributed by atoms with van der Waals surface area (Å²) in [4.78, 5) is 17.7. The van der Waals surface area contributed by atoms with Crippen LogP contribution in [0.3, 0.4) is 0 Å². The average Bonchev–Trinajstić information content (AvgIpc) is 3.31. The van der Waals surface area contributed by atoms with Crippen molar-refractivity contribution >= 4 is 16.9 Å². The quantitative estimate of drug-likeness (QED) is 0.728. The van der Waals surface area contributed by atoms with E-state index in [0.717, 1.165) is 28.0 Å². The number of pyridine rings is 1. The molecule has 28 heavy (non-hydrogen) atoms. The molecule has 4 rings (SSSR count). The van der Waals surface area contributed by atoms with E-state index in [2.05, 4.69) is 38.1 Å². The monoisotopic (exact) mass is 380 g/mol. The van der Waals surface area contributed by atoms with E-state index in [-0.39, 0.29) is 24.7 Å². The van der Waals surface area contributed by atoms with Gasteiger partial charge in [0, 0.05) is 18.3 Å². The summed E-state index contributed by atoms with van der Waals surface area (Å²) in [6.07, 6.45) is 1.72. The van der Waals surface area contributed by atoms with Crippen LogP contribution in [0.2, 0.25) is 0 Å². The first-order valence-electron chi connectivity index (χ1n) is 9.49. The van der Waals surface area contributed by atoms with E-state index in [9.17, 15) is 4.79 Å². The minimum absolute atomic E-state index is 0.143. The Balaban J connectivity index is 1.63. The van der Waals surface area contributed by atoms with Crippen molar-refractivity contribution in [2.24, 2.45) is 0 Å². The highest BCUT2D eigenvalue weighted by Crippen LogP contribution is 2.32. The average molecular weight is 380 g/mol. The van der Waals surface area contributed by atoms with Gasteiger partial charge in [0.2, 0.25) is 6.79 Å². The third-order valence-electron chi connectivity index (χ3n) is 4.80. The van der Waals surface area contributed by atoms with Gasteiger partial charge in [-0.2, -0.15) is 5.10 Å². The van der Waals surface area contributed by atoms with Gasteiger partial charge in [-0.15, -0.1) is 0 Å². The maximum Gasteiger partial charge on any atom is 0.252 e. The highest BCUT2D eigenvalue weighted by atomic mass is 16.7. The molecule has 146 valence electrons. The molecule has 0 radical (unpaired) electrons. The lowest BCUT2D eigenvalue weighted by atomic mass is 10.0. The van der Waals surface area contributed by atoms with E-state index < -0.39 is 0 Å². The summed E-state index contributed by atoms with van der Waals surface area (Å²) < 4.78 is 12.6. The Labute approximate surface area is 163 Å². The van der Waals surface area contributed by atoms with Crippen molar-refractivity contribution in [2.75, 3.05) is 6.79 Å². The molecule has 3 aromatic rings. The number of fused-ring (bicyclic) bond motifs is 2. The number of amides is 1. The van der Waals surface area contributed by atoms with Crippen LogP contribution in [0.4, 0.5) is 0 Å². The number of hydrogen-bond acceptors (Lipinski definition) is 5. The lowest BCUT2D eigenvalue weighted by Gasteiger charge is -2.12. The molecular formula is C21H24N4O3. The smallest absolute Gasteiger partial charge is 0.252 e. The van der Waals surface area contributed by atoms with Crippen LogP contribution in [-0.2, 0) is 6.54 Å². The third kappa shape index (κ3) is 3.28. The molecule has 0 aliphatic carbocycles. The second-order valence-electron chi connectivity index (χ2n) is 7.54. The molecule has 1 amide bonds. The molecule has 1 N–H and O–H groups in total.